The molecule has 0 spiro atoms. The summed E-state index contributed by atoms with van der Waals surface area (Å²) < 4.78 is 11.0. The minimum Gasteiger partial charge on any atom is -0.377 e. The topological polar surface area (TPSA) is 30.5 Å². The Kier molecular flexibility index (Phi) is 5.28. The number of hydrogen-bond acceptors (Lipinski definition) is 4. The van der Waals surface area contributed by atoms with E-state index in [9.17, 15) is 0 Å². The van der Waals surface area contributed by atoms with Crippen LogP contribution >= 0.6 is 11.3 Å². The van der Waals surface area contributed by atoms with E-state index in [4.69, 9.17) is 9.47 Å². The summed E-state index contributed by atoms with van der Waals surface area (Å²) in [5.41, 5.74) is 1.35. The van der Waals surface area contributed by atoms with E-state index < -0.39 is 0 Å². The van der Waals surface area contributed by atoms with E-state index in [1.54, 1.807) is 11.3 Å². The lowest BCUT2D eigenvalue weighted by Gasteiger charge is -2.10. The van der Waals surface area contributed by atoms with Crippen LogP contribution in [-0.4, -0.2) is 32.5 Å². The molecule has 1 unspecified atom stereocenters. The summed E-state index contributed by atoms with van der Waals surface area (Å²) in [5.74, 6) is 0. The SMILES string of the molecule is c1cc(CNCCOCC2CCCO2)cs1. The Morgan fingerprint density at radius 3 is 3.31 bits per heavy atom. The van der Waals surface area contributed by atoms with Gasteiger partial charge in [-0.2, -0.15) is 11.3 Å². The summed E-state index contributed by atoms with van der Waals surface area (Å²) >= 11 is 1.74. The standard InChI is InChI=1S/C12H19NO2S/c1-2-12(15-5-1)9-14-6-4-13-8-11-3-7-16-10-11/h3,7,10,12-13H,1-2,4-6,8-9H2. The summed E-state index contributed by atoms with van der Waals surface area (Å²) in [6.07, 6.45) is 2.68. The first kappa shape index (κ1) is 12.0. The molecular formula is C12H19NO2S. The molecule has 0 bridgehead atoms. The predicted molar refractivity (Wildman–Crippen MR) is 65.8 cm³/mol. The zero-order chi connectivity index (χ0) is 11.1. The fourth-order valence-corrected chi connectivity index (χ4v) is 2.43. The van der Waals surface area contributed by atoms with Gasteiger partial charge in [0.05, 0.1) is 19.3 Å². The van der Waals surface area contributed by atoms with Crippen LogP contribution in [0.5, 0.6) is 0 Å². The average molecular weight is 241 g/mol. The second kappa shape index (κ2) is 7.01. The number of rotatable bonds is 7. The van der Waals surface area contributed by atoms with Crippen molar-refractivity contribution in [2.45, 2.75) is 25.5 Å². The van der Waals surface area contributed by atoms with Crippen LogP contribution in [0.25, 0.3) is 0 Å². The number of ether oxygens (including phenoxy) is 2. The fraction of sp³-hybridized carbons (Fsp3) is 0.667. The molecule has 1 N–H and O–H groups in total. The molecule has 1 atom stereocenters. The van der Waals surface area contributed by atoms with Crippen LogP contribution in [0.3, 0.4) is 0 Å². The van der Waals surface area contributed by atoms with Crippen molar-refractivity contribution >= 4 is 11.3 Å². The molecule has 4 heteroatoms. The second-order valence-electron chi connectivity index (χ2n) is 4.02. The molecule has 90 valence electrons. The Balaban J connectivity index is 1.43. The van der Waals surface area contributed by atoms with Crippen molar-refractivity contribution in [1.82, 2.24) is 5.32 Å². The van der Waals surface area contributed by atoms with E-state index in [0.717, 1.165) is 39.3 Å². The lowest BCUT2D eigenvalue weighted by Crippen LogP contribution is -2.22. The van der Waals surface area contributed by atoms with Crippen molar-refractivity contribution in [1.29, 1.82) is 0 Å². The van der Waals surface area contributed by atoms with Gasteiger partial charge in [0, 0.05) is 19.7 Å². The van der Waals surface area contributed by atoms with Gasteiger partial charge in [-0.3, -0.25) is 0 Å². The summed E-state index contributed by atoms with van der Waals surface area (Å²) in [6.45, 7) is 4.27. The maximum absolute atomic E-state index is 5.55. The summed E-state index contributed by atoms with van der Waals surface area (Å²) in [4.78, 5) is 0. The lowest BCUT2D eigenvalue weighted by atomic mass is 10.2. The largest absolute Gasteiger partial charge is 0.377 e. The van der Waals surface area contributed by atoms with Gasteiger partial charge < -0.3 is 14.8 Å². The van der Waals surface area contributed by atoms with Gasteiger partial charge in [0.15, 0.2) is 0 Å². The van der Waals surface area contributed by atoms with E-state index in [1.165, 1.54) is 12.0 Å². The van der Waals surface area contributed by atoms with Crippen molar-refractivity contribution in [3.63, 3.8) is 0 Å². The molecule has 0 saturated carbocycles. The van der Waals surface area contributed by atoms with Gasteiger partial charge >= 0.3 is 0 Å². The number of hydrogen-bond donors (Lipinski definition) is 1. The van der Waals surface area contributed by atoms with Crippen LogP contribution in [0.4, 0.5) is 0 Å². The van der Waals surface area contributed by atoms with Gasteiger partial charge in [-0.1, -0.05) is 0 Å². The second-order valence-corrected chi connectivity index (χ2v) is 4.80. The van der Waals surface area contributed by atoms with Crippen molar-refractivity contribution in [2.24, 2.45) is 0 Å². The van der Waals surface area contributed by atoms with Gasteiger partial charge in [-0.15, -0.1) is 0 Å². The number of thiophene rings is 1. The van der Waals surface area contributed by atoms with Crippen molar-refractivity contribution in [2.75, 3.05) is 26.4 Å². The highest BCUT2D eigenvalue weighted by molar-refractivity contribution is 7.07. The third-order valence-electron chi connectivity index (χ3n) is 2.66. The van der Waals surface area contributed by atoms with Crippen molar-refractivity contribution < 1.29 is 9.47 Å². The summed E-state index contributed by atoms with van der Waals surface area (Å²) in [5, 5.41) is 7.62. The third kappa shape index (κ3) is 4.22. The maximum Gasteiger partial charge on any atom is 0.0809 e. The average Bonchev–Trinajstić information content (AvgIpc) is 2.96. The van der Waals surface area contributed by atoms with Crippen LogP contribution in [0.1, 0.15) is 18.4 Å². The zero-order valence-corrected chi connectivity index (χ0v) is 10.3. The van der Waals surface area contributed by atoms with Crippen LogP contribution in [0, 0.1) is 0 Å². The van der Waals surface area contributed by atoms with E-state index in [2.05, 4.69) is 22.1 Å². The van der Waals surface area contributed by atoms with Crippen molar-refractivity contribution in [3.05, 3.63) is 22.4 Å². The van der Waals surface area contributed by atoms with Crippen LogP contribution < -0.4 is 5.32 Å². The highest BCUT2D eigenvalue weighted by atomic mass is 32.1. The number of nitrogens with one attached hydrogen (secondary N) is 1. The predicted octanol–water partition coefficient (Wildman–Crippen LogP) is 2.03. The fourth-order valence-electron chi connectivity index (χ4n) is 1.76. The first-order chi connectivity index (χ1) is 7.95. The van der Waals surface area contributed by atoms with Gasteiger partial charge in [0.2, 0.25) is 0 Å². The maximum atomic E-state index is 5.55. The molecule has 1 aliphatic heterocycles. The molecule has 3 nitrogen and oxygen atoms in total. The van der Waals surface area contributed by atoms with Gasteiger partial charge in [-0.05, 0) is 35.2 Å². The third-order valence-corrected chi connectivity index (χ3v) is 3.39. The first-order valence-corrected chi connectivity index (χ1v) is 6.80. The Hall–Kier alpha value is -0.420. The van der Waals surface area contributed by atoms with E-state index >= 15 is 0 Å². The van der Waals surface area contributed by atoms with Gasteiger partial charge in [-0.25, -0.2) is 0 Å². The molecular weight excluding hydrogens is 222 g/mol. The Morgan fingerprint density at radius 1 is 1.56 bits per heavy atom. The first-order valence-electron chi connectivity index (χ1n) is 5.86. The molecule has 2 rings (SSSR count). The summed E-state index contributed by atoms with van der Waals surface area (Å²) in [6, 6.07) is 2.14. The quantitative estimate of drug-likeness (QED) is 0.741. The highest BCUT2D eigenvalue weighted by Gasteiger charge is 2.14. The smallest absolute Gasteiger partial charge is 0.0809 e. The summed E-state index contributed by atoms with van der Waals surface area (Å²) in [7, 11) is 0. The molecule has 0 aliphatic carbocycles. The molecule has 1 fully saturated rings. The lowest BCUT2D eigenvalue weighted by molar-refractivity contribution is 0.0183. The molecule has 1 saturated heterocycles. The zero-order valence-electron chi connectivity index (χ0n) is 9.48. The van der Waals surface area contributed by atoms with E-state index in [1.807, 2.05) is 0 Å². The normalized spacial score (nSPS) is 20.4. The highest BCUT2D eigenvalue weighted by Crippen LogP contribution is 2.11. The molecule has 2 heterocycles. The molecule has 0 amide bonds. The minimum absolute atomic E-state index is 0.344. The minimum atomic E-state index is 0.344. The molecule has 0 aromatic carbocycles. The molecule has 1 aliphatic rings. The van der Waals surface area contributed by atoms with E-state index in [-0.39, 0.29) is 0 Å². The molecule has 1 aromatic rings. The molecule has 1 aromatic heterocycles. The van der Waals surface area contributed by atoms with Crippen LogP contribution in [-0.2, 0) is 16.0 Å². The Bertz CT molecular complexity index is 271. The van der Waals surface area contributed by atoms with Gasteiger partial charge in [0.25, 0.3) is 0 Å². The monoisotopic (exact) mass is 241 g/mol. The van der Waals surface area contributed by atoms with Gasteiger partial charge in [0.1, 0.15) is 0 Å². The van der Waals surface area contributed by atoms with E-state index in [0.29, 0.717) is 6.10 Å². The Morgan fingerprint density at radius 2 is 2.56 bits per heavy atom. The molecule has 16 heavy (non-hydrogen) atoms. The van der Waals surface area contributed by atoms with Crippen LogP contribution in [0.15, 0.2) is 16.8 Å². The van der Waals surface area contributed by atoms with Crippen molar-refractivity contribution in [3.8, 4) is 0 Å². The molecule has 0 radical (unpaired) electrons. The van der Waals surface area contributed by atoms with Crippen LogP contribution in [0.2, 0.25) is 0 Å². The Labute approximate surface area is 101 Å².